The van der Waals surface area contributed by atoms with Crippen molar-refractivity contribution in [1.29, 1.82) is 0 Å². The van der Waals surface area contributed by atoms with E-state index in [1.165, 1.54) is 4.31 Å². The molecule has 2 aromatic carbocycles. The number of aryl methyl sites for hydroxylation is 2. The highest BCUT2D eigenvalue weighted by Gasteiger charge is 2.34. The number of piperazine rings is 1. The quantitative estimate of drug-likeness (QED) is 0.735. The molecule has 1 aliphatic rings. The van der Waals surface area contributed by atoms with Gasteiger partial charge in [-0.3, -0.25) is 4.79 Å². The zero-order chi connectivity index (χ0) is 21.0. The van der Waals surface area contributed by atoms with Crippen molar-refractivity contribution in [2.24, 2.45) is 0 Å². The summed E-state index contributed by atoms with van der Waals surface area (Å²) in [6, 6.07) is 14.9. The summed E-state index contributed by atoms with van der Waals surface area (Å²) < 4.78 is 27.5. The van der Waals surface area contributed by atoms with Gasteiger partial charge >= 0.3 is 0 Å². The van der Waals surface area contributed by atoms with Crippen molar-refractivity contribution >= 4 is 15.9 Å². The molecule has 0 radical (unpaired) electrons. The largest absolute Gasteiger partial charge is 0.347 e. The highest BCUT2D eigenvalue weighted by molar-refractivity contribution is 7.89. The summed E-state index contributed by atoms with van der Waals surface area (Å²) >= 11 is 0. The number of quaternary nitrogens is 1. The Kier molecular flexibility index (Phi) is 6.72. The molecule has 0 aliphatic carbocycles. The Morgan fingerprint density at radius 1 is 1.07 bits per heavy atom. The molecule has 2 N–H and O–H groups in total. The third kappa shape index (κ3) is 5.04. The first-order valence-electron chi connectivity index (χ1n) is 10.0. The zero-order valence-electron chi connectivity index (χ0n) is 17.3. The normalized spacial score (nSPS) is 17.1. The summed E-state index contributed by atoms with van der Waals surface area (Å²) in [4.78, 5) is 14.0. The van der Waals surface area contributed by atoms with E-state index in [0.29, 0.717) is 37.6 Å². The second-order valence-corrected chi connectivity index (χ2v) is 9.67. The molecule has 0 unspecified atom stereocenters. The fourth-order valence-electron chi connectivity index (χ4n) is 3.59. The van der Waals surface area contributed by atoms with Crippen LogP contribution in [0.25, 0.3) is 0 Å². The molecule has 0 bridgehead atoms. The number of carbonyl (C=O) groups is 1. The van der Waals surface area contributed by atoms with E-state index in [4.69, 9.17) is 0 Å². The minimum atomic E-state index is -3.50. The molecule has 0 spiro atoms. The molecule has 7 heteroatoms. The minimum Gasteiger partial charge on any atom is -0.347 e. The zero-order valence-corrected chi connectivity index (χ0v) is 18.1. The molecule has 6 nitrogen and oxygen atoms in total. The number of nitrogens with zero attached hydrogens (tertiary/aromatic N) is 1. The molecule has 0 aromatic heterocycles. The second kappa shape index (κ2) is 9.07. The summed E-state index contributed by atoms with van der Waals surface area (Å²) in [5.41, 5.74) is 3.11. The molecule has 1 fully saturated rings. The Balaban J connectivity index is 1.56. The van der Waals surface area contributed by atoms with Crippen molar-refractivity contribution < 1.29 is 18.1 Å². The lowest BCUT2D eigenvalue weighted by Gasteiger charge is -2.34. The number of nitrogens with one attached hydrogen (secondary N) is 2. The van der Waals surface area contributed by atoms with E-state index >= 15 is 0 Å². The average Bonchev–Trinajstić information content (AvgIpc) is 2.74. The molecule has 0 saturated carbocycles. The van der Waals surface area contributed by atoms with E-state index in [1.807, 2.05) is 57.2 Å². The van der Waals surface area contributed by atoms with Gasteiger partial charge in [0.25, 0.3) is 5.91 Å². The first-order chi connectivity index (χ1) is 13.8. The molecule has 1 saturated heterocycles. The van der Waals surface area contributed by atoms with Gasteiger partial charge in [0, 0.05) is 6.54 Å². The maximum atomic E-state index is 13.0. The number of hydrogen-bond donors (Lipinski definition) is 2. The average molecular weight is 417 g/mol. The second-order valence-electron chi connectivity index (χ2n) is 7.73. The summed E-state index contributed by atoms with van der Waals surface area (Å²) in [6.07, 6.45) is 0. The van der Waals surface area contributed by atoms with Gasteiger partial charge in [0.15, 0.2) is 6.04 Å². The highest BCUT2D eigenvalue weighted by Crippen LogP contribution is 2.19. The Bertz CT molecular complexity index is 953. The molecule has 1 aliphatic heterocycles. The Morgan fingerprint density at radius 3 is 2.34 bits per heavy atom. The van der Waals surface area contributed by atoms with Crippen molar-refractivity contribution in [1.82, 2.24) is 9.62 Å². The third-order valence-corrected chi connectivity index (χ3v) is 7.69. The number of sulfonamides is 1. The predicted octanol–water partition coefficient (Wildman–Crippen LogP) is 0.898. The van der Waals surface area contributed by atoms with Crippen molar-refractivity contribution in [3.05, 3.63) is 65.2 Å². The smallest absolute Gasteiger partial charge is 0.278 e. The maximum Gasteiger partial charge on any atom is 0.278 e. The lowest BCUT2D eigenvalue weighted by Crippen LogP contribution is -3.19. The summed E-state index contributed by atoms with van der Waals surface area (Å²) in [7, 11) is -3.50. The van der Waals surface area contributed by atoms with Gasteiger partial charge in [-0.25, -0.2) is 8.42 Å². The fourth-order valence-corrected chi connectivity index (χ4v) is 5.12. The minimum absolute atomic E-state index is 0.00526. The van der Waals surface area contributed by atoms with Crippen molar-refractivity contribution in [3.63, 3.8) is 0 Å². The van der Waals surface area contributed by atoms with E-state index < -0.39 is 10.0 Å². The first kappa shape index (κ1) is 21.5. The molecule has 29 heavy (non-hydrogen) atoms. The monoisotopic (exact) mass is 416 g/mol. The van der Waals surface area contributed by atoms with Crippen LogP contribution in [0.1, 0.15) is 23.6 Å². The number of carbonyl (C=O) groups excluding carboxylic acids is 1. The van der Waals surface area contributed by atoms with Crippen LogP contribution >= 0.6 is 0 Å². The molecule has 3 rings (SSSR count). The first-order valence-corrected chi connectivity index (χ1v) is 11.5. The predicted molar refractivity (Wildman–Crippen MR) is 113 cm³/mol. The van der Waals surface area contributed by atoms with Crippen LogP contribution in [0.4, 0.5) is 0 Å². The maximum absolute atomic E-state index is 13.0. The topological polar surface area (TPSA) is 70.9 Å². The highest BCUT2D eigenvalue weighted by atomic mass is 32.2. The van der Waals surface area contributed by atoms with Crippen molar-refractivity contribution in [2.75, 3.05) is 26.2 Å². The van der Waals surface area contributed by atoms with Gasteiger partial charge in [0.1, 0.15) is 0 Å². The fraction of sp³-hybridized carbons (Fsp3) is 0.409. The van der Waals surface area contributed by atoms with Crippen LogP contribution in [0.15, 0.2) is 53.4 Å². The number of benzene rings is 2. The summed E-state index contributed by atoms with van der Waals surface area (Å²) in [5.74, 6) is -0.00526. The Labute approximate surface area is 173 Å². The van der Waals surface area contributed by atoms with E-state index in [-0.39, 0.29) is 11.9 Å². The van der Waals surface area contributed by atoms with Gasteiger partial charge < -0.3 is 10.2 Å². The van der Waals surface area contributed by atoms with Crippen LogP contribution in [0.2, 0.25) is 0 Å². The number of rotatable bonds is 6. The third-order valence-electron chi connectivity index (χ3n) is 5.80. The lowest BCUT2D eigenvalue weighted by molar-refractivity contribution is -0.917. The lowest BCUT2D eigenvalue weighted by atomic mass is 10.1. The molecule has 156 valence electrons. The molecule has 1 atom stereocenters. The van der Waals surface area contributed by atoms with Crippen LogP contribution in [-0.2, 0) is 21.4 Å². The Morgan fingerprint density at radius 2 is 1.72 bits per heavy atom. The summed E-state index contributed by atoms with van der Waals surface area (Å²) in [5, 5.41) is 2.98. The molecule has 1 heterocycles. The number of amides is 1. The van der Waals surface area contributed by atoms with Crippen molar-refractivity contribution in [2.45, 2.75) is 38.3 Å². The van der Waals surface area contributed by atoms with Gasteiger partial charge in [-0.1, -0.05) is 36.4 Å². The summed E-state index contributed by atoms with van der Waals surface area (Å²) in [6.45, 7) is 8.37. The molecular weight excluding hydrogens is 386 g/mol. The van der Waals surface area contributed by atoms with Gasteiger partial charge in [-0.05, 0) is 49.6 Å². The van der Waals surface area contributed by atoms with Crippen LogP contribution in [-0.4, -0.2) is 50.9 Å². The number of hydrogen-bond acceptors (Lipinski definition) is 3. The van der Waals surface area contributed by atoms with E-state index in [0.717, 1.165) is 21.6 Å². The molecule has 1 amide bonds. The van der Waals surface area contributed by atoms with Gasteiger partial charge in [0.05, 0.1) is 31.1 Å². The standard InChI is InChI=1S/C22H29N3O3S/c1-17-9-10-21(15-18(17)2)29(27,28)25-13-11-24(12-14-25)19(3)22(26)23-16-20-7-5-4-6-8-20/h4-10,15,19H,11-14,16H2,1-3H3,(H,23,26)/p+1/t19-/m1/s1. The van der Waals surface area contributed by atoms with Crippen LogP contribution in [0.5, 0.6) is 0 Å². The van der Waals surface area contributed by atoms with Crippen molar-refractivity contribution in [3.8, 4) is 0 Å². The molecular formula is C22H30N3O3S+. The van der Waals surface area contributed by atoms with Gasteiger partial charge in [-0.15, -0.1) is 0 Å². The van der Waals surface area contributed by atoms with E-state index in [9.17, 15) is 13.2 Å². The molecule has 2 aromatic rings. The van der Waals surface area contributed by atoms with E-state index in [2.05, 4.69) is 5.32 Å². The van der Waals surface area contributed by atoms with Crippen LogP contribution in [0.3, 0.4) is 0 Å². The van der Waals surface area contributed by atoms with Gasteiger partial charge in [0.2, 0.25) is 10.0 Å². The van der Waals surface area contributed by atoms with Gasteiger partial charge in [-0.2, -0.15) is 4.31 Å². The van der Waals surface area contributed by atoms with E-state index in [1.54, 1.807) is 12.1 Å². The van der Waals surface area contributed by atoms with Crippen LogP contribution in [0, 0.1) is 13.8 Å². The SMILES string of the molecule is Cc1ccc(S(=O)(=O)N2CC[NH+]([C@H](C)C(=O)NCc3ccccc3)CC2)cc1C. The Hall–Kier alpha value is -2.22. The van der Waals surface area contributed by atoms with Crippen LogP contribution < -0.4 is 10.2 Å².